The molecule has 0 unspecified atom stereocenters. The first-order valence-corrected chi connectivity index (χ1v) is 12.1. The van der Waals surface area contributed by atoms with Crippen LogP contribution in [0.2, 0.25) is 5.02 Å². The fourth-order valence-corrected chi connectivity index (χ4v) is 5.13. The first kappa shape index (κ1) is 23.0. The minimum atomic E-state index is -4.00. The number of carbonyl (C=O) groups excluding carboxylic acids is 1. The molecule has 2 heterocycles. The highest BCUT2D eigenvalue weighted by atomic mass is 35.5. The maximum Gasteiger partial charge on any atom is 0.272 e. The minimum absolute atomic E-state index is 0.0431. The Morgan fingerprint density at radius 1 is 1.15 bits per heavy atom. The molecule has 0 bridgehead atoms. The molecule has 10 nitrogen and oxygen atoms in total. The van der Waals surface area contributed by atoms with Gasteiger partial charge in [-0.1, -0.05) is 52.4 Å². The Bertz CT molecular complexity index is 1400. The highest BCUT2D eigenvalue weighted by molar-refractivity contribution is 7.91. The molecular formula is C20H17ClN6O4S2. The lowest BCUT2D eigenvalue weighted by atomic mass is 10.1. The molecule has 0 aliphatic rings. The van der Waals surface area contributed by atoms with Crippen LogP contribution < -0.4 is 5.32 Å². The molecule has 2 aromatic heterocycles. The van der Waals surface area contributed by atoms with Gasteiger partial charge in [-0.3, -0.25) is 10.1 Å². The van der Waals surface area contributed by atoms with Crippen molar-refractivity contribution >= 4 is 44.0 Å². The molecule has 1 N–H and O–H groups in total. The van der Waals surface area contributed by atoms with Crippen molar-refractivity contribution in [2.45, 2.75) is 17.8 Å². The zero-order chi connectivity index (χ0) is 23.6. The summed E-state index contributed by atoms with van der Waals surface area (Å²) in [5, 5.41) is 14.5. The first-order valence-electron chi connectivity index (χ1n) is 9.49. The number of nitrogens with one attached hydrogen (secondary N) is 1. The maximum absolute atomic E-state index is 12.9. The van der Waals surface area contributed by atoms with Crippen LogP contribution in [0.3, 0.4) is 0 Å². The second-order valence-electron chi connectivity index (χ2n) is 6.92. The number of aromatic nitrogens is 4. The van der Waals surface area contributed by atoms with Gasteiger partial charge in [0.15, 0.2) is 0 Å². The Morgan fingerprint density at radius 3 is 2.61 bits per heavy atom. The molecule has 1 amide bonds. The molecule has 170 valence electrons. The first-order chi connectivity index (χ1) is 15.7. The van der Waals surface area contributed by atoms with Gasteiger partial charge >= 0.3 is 0 Å². The standard InChI is InChI=1S/C20H17ClN6O4S2/c1-12-5-3-4-6-15(12)17-22-16(31-26-17)11-27(2)33(29,30)20-25-24-19(32-20)23-18(28)13-7-9-14(21)10-8-13/h3-10H,11H2,1-2H3,(H,23,24,28). The van der Waals surface area contributed by atoms with Crippen molar-refractivity contribution in [2.24, 2.45) is 0 Å². The molecule has 0 saturated carbocycles. The van der Waals surface area contributed by atoms with E-state index < -0.39 is 15.9 Å². The average molecular weight is 505 g/mol. The van der Waals surface area contributed by atoms with Gasteiger partial charge in [0.05, 0.1) is 6.54 Å². The summed E-state index contributed by atoms with van der Waals surface area (Å²) in [7, 11) is -2.64. The molecule has 2 aromatic carbocycles. The number of benzene rings is 2. The van der Waals surface area contributed by atoms with E-state index in [4.69, 9.17) is 16.1 Å². The number of nitrogens with zero attached hydrogens (tertiary/aromatic N) is 5. The Hall–Kier alpha value is -3.19. The molecule has 0 saturated heterocycles. The molecule has 4 rings (SSSR count). The van der Waals surface area contributed by atoms with Crippen LogP contribution in [0.25, 0.3) is 11.4 Å². The van der Waals surface area contributed by atoms with Gasteiger partial charge in [0.2, 0.25) is 21.2 Å². The number of amides is 1. The largest absolute Gasteiger partial charge is 0.338 e. The van der Waals surface area contributed by atoms with Crippen molar-refractivity contribution in [2.75, 3.05) is 12.4 Å². The van der Waals surface area contributed by atoms with Gasteiger partial charge in [-0.05, 0) is 36.8 Å². The smallest absolute Gasteiger partial charge is 0.272 e. The van der Waals surface area contributed by atoms with Crippen molar-refractivity contribution < 1.29 is 17.7 Å². The van der Waals surface area contributed by atoms with Gasteiger partial charge in [-0.15, -0.1) is 10.2 Å². The van der Waals surface area contributed by atoms with Crippen molar-refractivity contribution in [3.05, 3.63) is 70.6 Å². The summed E-state index contributed by atoms with van der Waals surface area (Å²) >= 11 is 6.55. The van der Waals surface area contributed by atoms with Crippen LogP contribution in [-0.2, 0) is 16.6 Å². The van der Waals surface area contributed by atoms with Crippen molar-refractivity contribution in [3.8, 4) is 11.4 Å². The average Bonchev–Trinajstić information content (AvgIpc) is 3.44. The molecule has 0 spiro atoms. The van der Waals surface area contributed by atoms with E-state index in [-0.39, 0.29) is 21.9 Å². The molecule has 0 aliphatic carbocycles. The zero-order valence-electron chi connectivity index (χ0n) is 17.4. The molecule has 0 aliphatic heterocycles. The van der Waals surface area contributed by atoms with Gasteiger partial charge in [0.1, 0.15) is 0 Å². The predicted octanol–water partition coefficient (Wildman–Crippen LogP) is 3.62. The van der Waals surface area contributed by atoms with Crippen LogP contribution in [0.4, 0.5) is 5.13 Å². The van der Waals surface area contributed by atoms with E-state index in [1.54, 1.807) is 24.3 Å². The molecule has 0 fully saturated rings. The van der Waals surface area contributed by atoms with Crippen molar-refractivity contribution in [1.29, 1.82) is 0 Å². The summed E-state index contributed by atoms with van der Waals surface area (Å²) < 4.78 is 31.7. The van der Waals surface area contributed by atoms with E-state index in [1.165, 1.54) is 7.05 Å². The third-order valence-corrected chi connectivity index (χ3v) is 7.82. The lowest BCUT2D eigenvalue weighted by Gasteiger charge is -2.11. The summed E-state index contributed by atoms with van der Waals surface area (Å²) in [4.78, 5) is 16.6. The number of halogens is 1. The number of hydrogen-bond acceptors (Lipinski definition) is 9. The van der Waals surface area contributed by atoms with Crippen LogP contribution in [0.1, 0.15) is 21.8 Å². The van der Waals surface area contributed by atoms with E-state index in [0.29, 0.717) is 16.4 Å². The molecule has 0 atom stereocenters. The molecule has 13 heteroatoms. The summed E-state index contributed by atoms with van der Waals surface area (Å²) in [6.07, 6.45) is 0. The summed E-state index contributed by atoms with van der Waals surface area (Å²) in [5.41, 5.74) is 2.10. The van der Waals surface area contributed by atoms with Crippen LogP contribution in [-0.4, -0.2) is 46.0 Å². The maximum atomic E-state index is 12.9. The third-order valence-electron chi connectivity index (χ3n) is 4.58. The van der Waals surface area contributed by atoms with Crippen LogP contribution in [0.15, 0.2) is 57.4 Å². The normalized spacial score (nSPS) is 11.6. The Labute approximate surface area is 198 Å². The fraction of sp³-hybridized carbons (Fsp3) is 0.150. The topological polar surface area (TPSA) is 131 Å². The highest BCUT2D eigenvalue weighted by Crippen LogP contribution is 2.25. The summed E-state index contributed by atoms with van der Waals surface area (Å²) in [6.45, 7) is 1.76. The Balaban J connectivity index is 1.45. The quantitative estimate of drug-likeness (QED) is 0.377. The van der Waals surface area contributed by atoms with Crippen molar-refractivity contribution in [3.63, 3.8) is 0 Å². The Morgan fingerprint density at radius 2 is 1.88 bits per heavy atom. The van der Waals surface area contributed by atoms with Gasteiger partial charge in [-0.25, -0.2) is 8.42 Å². The van der Waals surface area contributed by atoms with Crippen LogP contribution >= 0.6 is 22.9 Å². The lowest BCUT2D eigenvalue weighted by molar-refractivity contribution is 0.102. The van der Waals surface area contributed by atoms with Crippen LogP contribution in [0.5, 0.6) is 0 Å². The second kappa shape index (κ2) is 9.35. The molecular weight excluding hydrogens is 488 g/mol. The van der Waals surface area contributed by atoms with E-state index in [2.05, 4.69) is 25.7 Å². The van der Waals surface area contributed by atoms with Gasteiger partial charge < -0.3 is 4.52 Å². The third kappa shape index (κ3) is 5.09. The summed E-state index contributed by atoms with van der Waals surface area (Å²) in [6, 6.07) is 13.8. The minimum Gasteiger partial charge on any atom is -0.338 e. The van der Waals surface area contributed by atoms with Gasteiger partial charge in [0, 0.05) is 23.2 Å². The zero-order valence-corrected chi connectivity index (χ0v) is 19.8. The molecule has 0 radical (unpaired) electrons. The number of rotatable bonds is 7. The monoisotopic (exact) mass is 504 g/mol. The molecule has 33 heavy (non-hydrogen) atoms. The van der Waals surface area contributed by atoms with E-state index in [0.717, 1.165) is 26.8 Å². The predicted molar refractivity (Wildman–Crippen MR) is 122 cm³/mol. The number of aryl methyl sites for hydroxylation is 1. The second-order valence-corrected chi connectivity index (χ2v) is 10.6. The van der Waals surface area contributed by atoms with Crippen LogP contribution in [0, 0.1) is 6.92 Å². The van der Waals surface area contributed by atoms with Crippen molar-refractivity contribution in [1.82, 2.24) is 24.6 Å². The Kier molecular flexibility index (Phi) is 6.51. The van der Waals surface area contributed by atoms with Gasteiger partial charge in [-0.2, -0.15) is 9.29 Å². The fourth-order valence-electron chi connectivity index (χ4n) is 2.80. The number of hydrogen-bond donors (Lipinski definition) is 1. The van der Waals surface area contributed by atoms with Gasteiger partial charge in [0.25, 0.3) is 15.9 Å². The highest BCUT2D eigenvalue weighted by Gasteiger charge is 2.28. The number of anilines is 1. The van der Waals surface area contributed by atoms with E-state index >= 15 is 0 Å². The SMILES string of the molecule is Cc1ccccc1-c1noc(CN(C)S(=O)(=O)c2nnc(NC(=O)c3ccc(Cl)cc3)s2)n1. The number of carbonyl (C=O) groups is 1. The summed E-state index contributed by atoms with van der Waals surface area (Å²) in [5.74, 6) is 0.0341. The number of sulfonamides is 1. The van der Waals surface area contributed by atoms with E-state index in [1.807, 2.05) is 31.2 Å². The van der Waals surface area contributed by atoms with E-state index in [9.17, 15) is 13.2 Å². The molecule has 4 aromatic rings. The lowest BCUT2D eigenvalue weighted by Crippen LogP contribution is -2.26.